The van der Waals surface area contributed by atoms with Crippen LogP contribution in [0.15, 0.2) is 29.2 Å². The second-order valence-electron chi connectivity index (χ2n) is 1.67. The molecule has 0 fully saturated rings. The van der Waals surface area contributed by atoms with E-state index >= 15 is 0 Å². The summed E-state index contributed by atoms with van der Waals surface area (Å²) in [7, 11) is 0. The van der Waals surface area contributed by atoms with Gasteiger partial charge in [-0.25, -0.2) is 4.99 Å². The van der Waals surface area contributed by atoms with E-state index in [4.69, 9.17) is 16.6 Å². The van der Waals surface area contributed by atoms with Gasteiger partial charge in [0.15, 0.2) is 0 Å². The molecule has 0 aliphatic carbocycles. The third kappa shape index (κ3) is 3.68. The largest absolute Gasteiger partial charge is 0.402 e. The van der Waals surface area contributed by atoms with Crippen LogP contribution in [-0.4, -0.2) is 17.9 Å². The van der Waals surface area contributed by atoms with Gasteiger partial charge in [0.1, 0.15) is 5.82 Å². The van der Waals surface area contributed by atoms with E-state index in [0.717, 1.165) is 0 Å². The van der Waals surface area contributed by atoms with Crippen LogP contribution in [0.2, 0.25) is 0 Å². The molecule has 0 saturated heterocycles. The van der Waals surface area contributed by atoms with Crippen LogP contribution < -0.4 is 11.5 Å². The lowest BCUT2D eigenvalue weighted by Gasteiger charge is -1.90. The molecule has 0 aliphatic heterocycles. The average molecular weight is 141 g/mol. The molecular weight excluding hydrogens is 130 g/mol. The number of nitrogens with zero attached hydrogens (tertiary/aromatic N) is 1. The Morgan fingerprint density at radius 1 is 1.70 bits per heavy atom. The highest BCUT2D eigenvalue weighted by atomic mass is 16.3. The zero-order valence-corrected chi connectivity index (χ0v) is 5.62. The molecule has 4 heteroatoms. The summed E-state index contributed by atoms with van der Waals surface area (Å²) in [4.78, 5) is 3.64. The molecule has 0 unspecified atom stereocenters. The number of hydrogen-bond acceptors (Lipinski definition) is 4. The number of aliphatic imine (C=N–C) groups is 1. The quantitative estimate of drug-likeness (QED) is 0.455. The first kappa shape index (κ1) is 8.71. The molecule has 0 saturated carbocycles. The lowest BCUT2D eigenvalue weighted by atomic mass is 10.4. The van der Waals surface area contributed by atoms with Crippen molar-refractivity contribution in [3.8, 4) is 0 Å². The third-order valence-corrected chi connectivity index (χ3v) is 0.770. The topological polar surface area (TPSA) is 84.6 Å². The highest BCUT2D eigenvalue weighted by Gasteiger charge is 1.83. The van der Waals surface area contributed by atoms with Gasteiger partial charge in [-0.05, 0) is 5.57 Å². The number of hydrogen-bond donors (Lipinski definition) is 3. The zero-order chi connectivity index (χ0) is 7.98. The molecule has 5 N–H and O–H groups in total. The molecule has 0 amide bonds. The molecule has 0 aromatic rings. The van der Waals surface area contributed by atoms with Crippen LogP contribution in [0.25, 0.3) is 0 Å². The maximum atomic E-state index is 8.44. The second kappa shape index (κ2) is 4.58. The van der Waals surface area contributed by atoms with Gasteiger partial charge < -0.3 is 16.6 Å². The van der Waals surface area contributed by atoms with E-state index < -0.39 is 0 Å². The molecule has 0 aromatic heterocycles. The van der Waals surface area contributed by atoms with Crippen molar-refractivity contribution >= 4 is 6.21 Å². The van der Waals surface area contributed by atoms with Gasteiger partial charge in [0, 0.05) is 12.4 Å². The fourth-order valence-electron chi connectivity index (χ4n) is 0.250. The predicted octanol–water partition coefficient (Wildman–Crippen LogP) is -0.678. The Bertz CT molecular complexity index is 172. The minimum absolute atomic E-state index is 0.124. The number of nitrogens with two attached hydrogens (primary N) is 2. The minimum atomic E-state index is -0.124. The van der Waals surface area contributed by atoms with Crippen LogP contribution in [0.4, 0.5) is 0 Å². The monoisotopic (exact) mass is 141 g/mol. The van der Waals surface area contributed by atoms with Crippen LogP contribution in [0, 0.1) is 0 Å². The summed E-state index contributed by atoms with van der Waals surface area (Å²) in [6.07, 6.45) is 2.53. The zero-order valence-electron chi connectivity index (χ0n) is 5.62. The molecular formula is C6H11N3O. The average Bonchev–Trinajstić information content (AvgIpc) is 1.99. The Labute approximate surface area is 59.6 Å². The fraction of sp³-hybridized carbons (Fsp3) is 0.167. The predicted molar refractivity (Wildman–Crippen MR) is 41.2 cm³/mol. The summed E-state index contributed by atoms with van der Waals surface area (Å²) >= 11 is 0. The van der Waals surface area contributed by atoms with Gasteiger partial charge in [0.2, 0.25) is 0 Å². The molecule has 0 radical (unpaired) electrons. The number of rotatable bonds is 3. The molecule has 0 bridgehead atoms. The van der Waals surface area contributed by atoms with Gasteiger partial charge in [-0.15, -0.1) is 0 Å². The number of aliphatic hydroxyl groups excluding tert-OH is 1. The molecule has 0 heterocycles. The molecule has 0 aliphatic rings. The first-order valence-electron chi connectivity index (χ1n) is 2.70. The van der Waals surface area contributed by atoms with Crippen LogP contribution in [0.3, 0.4) is 0 Å². The first-order chi connectivity index (χ1) is 4.70. The van der Waals surface area contributed by atoms with Gasteiger partial charge >= 0.3 is 0 Å². The summed E-state index contributed by atoms with van der Waals surface area (Å²) < 4.78 is 0. The van der Waals surface area contributed by atoms with E-state index in [9.17, 15) is 0 Å². The SMILES string of the molecule is C=C(C=N/C(N)=C\N)CO. The van der Waals surface area contributed by atoms with Gasteiger partial charge in [-0.1, -0.05) is 6.58 Å². The molecule has 10 heavy (non-hydrogen) atoms. The van der Waals surface area contributed by atoms with E-state index in [1.807, 2.05) is 0 Å². The van der Waals surface area contributed by atoms with Gasteiger partial charge in [-0.3, -0.25) is 0 Å². The Balaban J connectivity index is 3.88. The summed E-state index contributed by atoms with van der Waals surface area (Å²) in [5.41, 5.74) is 10.7. The first-order valence-corrected chi connectivity index (χ1v) is 2.70. The smallest absolute Gasteiger partial charge is 0.138 e. The van der Waals surface area contributed by atoms with Crippen molar-refractivity contribution in [3.63, 3.8) is 0 Å². The standard InChI is InChI=1S/C6H11N3O/c1-5(4-10)3-9-6(8)2-7/h2-3,10H,1,4,7-8H2/b6-2-,9-3?. The Morgan fingerprint density at radius 3 is 2.70 bits per heavy atom. The van der Waals surface area contributed by atoms with Crippen molar-refractivity contribution in [1.82, 2.24) is 0 Å². The molecule has 0 aromatic carbocycles. The summed E-state index contributed by atoms with van der Waals surface area (Å²) in [5.74, 6) is 0.203. The highest BCUT2D eigenvalue weighted by Crippen LogP contribution is 1.85. The summed E-state index contributed by atoms with van der Waals surface area (Å²) in [5, 5.41) is 8.44. The third-order valence-electron chi connectivity index (χ3n) is 0.770. The lowest BCUT2D eigenvalue weighted by molar-refractivity contribution is 0.338. The summed E-state index contributed by atoms with van der Waals surface area (Å²) in [6, 6.07) is 0. The Morgan fingerprint density at radius 2 is 2.30 bits per heavy atom. The van der Waals surface area contributed by atoms with Crippen molar-refractivity contribution in [1.29, 1.82) is 0 Å². The minimum Gasteiger partial charge on any atom is -0.402 e. The van der Waals surface area contributed by atoms with Crippen molar-refractivity contribution in [2.45, 2.75) is 0 Å². The highest BCUT2D eigenvalue weighted by molar-refractivity contribution is 5.78. The van der Waals surface area contributed by atoms with E-state index in [0.29, 0.717) is 5.57 Å². The van der Waals surface area contributed by atoms with E-state index in [2.05, 4.69) is 11.6 Å². The van der Waals surface area contributed by atoms with Crippen LogP contribution in [0.5, 0.6) is 0 Å². The molecule has 56 valence electrons. The van der Waals surface area contributed by atoms with E-state index in [1.54, 1.807) is 0 Å². The van der Waals surface area contributed by atoms with Gasteiger partial charge in [0.25, 0.3) is 0 Å². The second-order valence-corrected chi connectivity index (χ2v) is 1.67. The van der Waals surface area contributed by atoms with Crippen molar-refractivity contribution in [2.24, 2.45) is 16.5 Å². The molecule has 0 rings (SSSR count). The molecule has 0 spiro atoms. The normalized spacial score (nSPS) is 12.3. The lowest BCUT2D eigenvalue weighted by Crippen LogP contribution is -1.99. The van der Waals surface area contributed by atoms with Crippen molar-refractivity contribution in [3.05, 3.63) is 24.2 Å². The van der Waals surface area contributed by atoms with Crippen LogP contribution >= 0.6 is 0 Å². The molecule has 0 atom stereocenters. The van der Waals surface area contributed by atoms with Gasteiger partial charge in [-0.2, -0.15) is 0 Å². The van der Waals surface area contributed by atoms with E-state index in [1.165, 1.54) is 12.4 Å². The Hall–Kier alpha value is -1.29. The van der Waals surface area contributed by atoms with Crippen LogP contribution in [-0.2, 0) is 0 Å². The fourth-order valence-corrected chi connectivity index (χ4v) is 0.250. The van der Waals surface area contributed by atoms with Crippen molar-refractivity contribution < 1.29 is 5.11 Å². The van der Waals surface area contributed by atoms with Gasteiger partial charge in [0.05, 0.1) is 6.61 Å². The number of aliphatic hydroxyl groups is 1. The molecule has 4 nitrogen and oxygen atoms in total. The maximum Gasteiger partial charge on any atom is 0.138 e. The van der Waals surface area contributed by atoms with Crippen molar-refractivity contribution in [2.75, 3.05) is 6.61 Å². The Kier molecular flexibility index (Phi) is 3.99. The van der Waals surface area contributed by atoms with Crippen LogP contribution in [0.1, 0.15) is 0 Å². The summed E-state index contributed by atoms with van der Waals surface area (Å²) in [6.45, 7) is 3.33. The maximum absolute atomic E-state index is 8.44. The van der Waals surface area contributed by atoms with E-state index in [-0.39, 0.29) is 12.4 Å².